The summed E-state index contributed by atoms with van der Waals surface area (Å²) in [5, 5.41) is 5.66. The van der Waals surface area contributed by atoms with Gasteiger partial charge < -0.3 is 15.4 Å². The van der Waals surface area contributed by atoms with E-state index in [-0.39, 0.29) is 36.2 Å². The van der Waals surface area contributed by atoms with Crippen LogP contribution < -0.4 is 15.4 Å². The summed E-state index contributed by atoms with van der Waals surface area (Å²) in [6.45, 7) is 2.39. The molecule has 1 aliphatic heterocycles. The topological polar surface area (TPSA) is 70.7 Å². The maximum absolute atomic E-state index is 13.7. The van der Waals surface area contributed by atoms with Gasteiger partial charge in [0.1, 0.15) is 0 Å². The third-order valence-electron chi connectivity index (χ3n) is 4.70. The second kappa shape index (κ2) is 8.80. The van der Waals surface area contributed by atoms with E-state index in [4.69, 9.17) is 4.74 Å². The monoisotopic (exact) mass is 351 g/mol. The highest BCUT2D eigenvalue weighted by atomic mass is 19.1. The maximum atomic E-state index is 13.7. The van der Waals surface area contributed by atoms with Gasteiger partial charge in [0, 0.05) is 38.5 Å². The normalized spacial score (nSPS) is 20.3. The average Bonchev–Trinajstić information content (AvgIpc) is 2.91. The molecule has 0 unspecified atom stereocenters. The van der Waals surface area contributed by atoms with Gasteiger partial charge in [-0.15, -0.1) is 0 Å². The molecule has 138 valence electrons. The Morgan fingerprint density at radius 2 is 2.00 bits per heavy atom. The number of halogens is 1. The van der Waals surface area contributed by atoms with Crippen LogP contribution in [0.5, 0.6) is 5.75 Å². The van der Waals surface area contributed by atoms with Gasteiger partial charge in [-0.3, -0.25) is 14.5 Å². The summed E-state index contributed by atoms with van der Waals surface area (Å²) >= 11 is 0. The number of rotatable bonds is 7. The van der Waals surface area contributed by atoms with Crippen LogP contribution in [0.3, 0.4) is 0 Å². The van der Waals surface area contributed by atoms with Gasteiger partial charge in [-0.2, -0.15) is 0 Å². The van der Waals surface area contributed by atoms with Crippen molar-refractivity contribution in [3.63, 3.8) is 0 Å². The Kier molecular flexibility index (Phi) is 6.75. The highest BCUT2D eigenvalue weighted by Gasteiger charge is 2.31. The summed E-state index contributed by atoms with van der Waals surface area (Å²) in [7, 11) is 3.40. The van der Waals surface area contributed by atoms with Crippen LogP contribution in [0.4, 0.5) is 4.39 Å². The van der Waals surface area contributed by atoms with Crippen molar-refractivity contribution in [3.8, 4) is 5.75 Å². The fraction of sp³-hybridized carbons (Fsp3) is 0.556. The van der Waals surface area contributed by atoms with Crippen molar-refractivity contribution >= 4 is 11.8 Å². The zero-order valence-electron chi connectivity index (χ0n) is 15.0. The molecule has 25 heavy (non-hydrogen) atoms. The Hall–Kier alpha value is -2.15. The van der Waals surface area contributed by atoms with Gasteiger partial charge in [0.05, 0.1) is 7.11 Å². The smallest absolute Gasteiger partial charge is 0.221 e. The molecule has 6 nitrogen and oxygen atoms in total. The lowest BCUT2D eigenvalue weighted by atomic mass is 10.1. The van der Waals surface area contributed by atoms with E-state index in [0.29, 0.717) is 18.5 Å². The number of nitrogens with zero attached hydrogens (tertiary/aromatic N) is 1. The molecular formula is C18H26FN3O3. The number of hydrogen-bond acceptors (Lipinski definition) is 4. The van der Waals surface area contributed by atoms with Crippen LogP contribution >= 0.6 is 0 Å². The van der Waals surface area contributed by atoms with E-state index in [1.54, 1.807) is 12.1 Å². The predicted octanol–water partition coefficient (Wildman–Crippen LogP) is 1.44. The van der Waals surface area contributed by atoms with Gasteiger partial charge in [-0.05, 0) is 37.6 Å². The Labute approximate surface area is 147 Å². The zero-order valence-corrected chi connectivity index (χ0v) is 15.0. The molecule has 1 aromatic rings. The molecule has 1 saturated heterocycles. The summed E-state index contributed by atoms with van der Waals surface area (Å²) in [6.07, 6.45) is 2.27. The number of likely N-dealkylation sites (tertiary alicyclic amines) is 1. The molecule has 0 radical (unpaired) electrons. The predicted molar refractivity (Wildman–Crippen MR) is 92.7 cm³/mol. The first-order valence-electron chi connectivity index (χ1n) is 8.46. The van der Waals surface area contributed by atoms with Gasteiger partial charge in [0.25, 0.3) is 0 Å². The highest BCUT2D eigenvalue weighted by Crippen LogP contribution is 2.24. The second-order valence-electron chi connectivity index (χ2n) is 6.44. The van der Waals surface area contributed by atoms with Gasteiger partial charge in [-0.1, -0.05) is 6.07 Å². The molecule has 0 bridgehead atoms. The summed E-state index contributed by atoms with van der Waals surface area (Å²) in [5.41, 5.74) is 0.690. The van der Waals surface area contributed by atoms with Crippen molar-refractivity contribution in [1.29, 1.82) is 0 Å². The van der Waals surface area contributed by atoms with Gasteiger partial charge in [0.15, 0.2) is 11.6 Å². The molecule has 1 aliphatic rings. The minimum Gasteiger partial charge on any atom is -0.494 e. The molecule has 2 N–H and O–H groups in total. The first-order valence-corrected chi connectivity index (χ1v) is 8.46. The number of hydrogen-bond donors (Lipinski definition) is 2. The molecule has 7 heteroatoms. The molecule has 0 saturated carbocycles. The van der Waals surface area contributed by atoms with Crippen LogP contribution in [0, 0.1) is 5.82 Å². The van der Waals surface area contributed by atoms with Crippen molar-refractivity contribution in [3.05, 3.63) is 29.6 Å². The lowest BCUT2D eigenvalue weighted by Gasteiger charge is -2.25. The highest BCUT2D eigenvalue weighted by molar-refractivity contribution is 5.76. The van der Waals surface area contributed by atoms with Crippen LogP contribution in [-0.4, -0.2) is 49.5 Å². The van der Waals surface area contributed by atoms with Gasteiger partial charge >= 0.3 is 0 Å². The number of carbonyl (C=O) groups excluding carboxylic acids is 2. The molecule has 2 atom stereocenters. The number of methoxy groups -OCH3 is 1. The summed E-state index contributed by atoms with van der Waals surface area (Å²) in [6, 6.07) is 5.06. The van der Waals surface area contributed by atoms with E-state index in [9.17, 15) is 14.0 Å². The zero-order chi connectivity index (χ0) is 18.4. The number of ether oxygens (including phenoxy) is 1. The number of benzene rings is 1. The molecule has 2 amide bonds. The van der Waals surface area contributed by atoms with Crippen molar-refractivity contribution in [2.24, 2.45) is 0 Å². The summed E-state index contributed by atoms with van der Waals surface area (Å²) in [5.74, 6) is -0.354. The molecule has 1 heterocycles. The van der Waals surface area contributed by atoms with Crippen molar-refractivity contribution in [2.45, 2.75) is 44.8 Å². The lowest BCUT2D eigenvalue weighted by Crippen LogP contribution is -2.41. The number of amides is 2. The minimum atomic E-state index is -0.439. The fourth-order valence-corrected chi connectivity index (χ4v) is 3.15. The molecule has 1 aromatic carbocycles. The van der Waals surface area contributed by atoms with E-state index in [1.165, 1.54) is 20.1 Å². The largest absolute Gasteiger partial charge is 0.494 e. The molecule has 1 fully saturated rings. The maximum Gasteiger partial charge on any atom is 0.221 e. The van der Waals surface area contributed by atoms with Crippen molar-refractivity contribution in [1.82, 2.24) is 15.5 Å². The average molecular weight is 351 g/mol. The summed E-state index contributed by atoms with van der Waals surface area (Å²) in [4.78, 5) is 25.4. The van der Waals surface area contributed by atoms with E-state index in [1.807, 2.05) is 7.05 Å². The summed E-state index contributed by atoms with van der Waals surface area (Å²) < 4.78 is 18.5. The molecular weight excluding hydrogens is 325 g/mol. The van der Waals surface area contributed by atoms with E-state index < -0.39 is 5.82 Å². The Morgan fingerprint density at radius 1 is 1.28 bits per heavy atom. The third-order valence-corrected chi connectivity index (χ3v) is 4.70. The Bertz CT molecular complexity index is 624. The SMILES string of the molecule is COc1ccc(CNC(=O)C[C@@H]2CC[C@H](CNC(C)=O)N2C)cc1F. The molecule has 0 aromatic heterocycles. The minimum absolute atomic E-state index is 0.0404. The van der Waals surface area contributed by atoms with E-state index in [2.05, 4.69) is 15.5 Å². The van der Waals surface area contributed by atoms with Crippen LogP contribution in [0.25, 0.3) is 0 Å². The third kappa shape index (κ3) is 5.42. The first kappa shape index (κ1) is 19.2. The van der Waals surface area contributed by atoms with Gasteiger partial charge in [-0.25, -0.2) is 4.39 Å². The number of carbonyl (C=O) groups is 2. The Balaban J connectivity index is 1.78. The molecule has 2 rings (SSSR count). The Morgan fingerprint density at radius 3 is 2.64 bits per heavy atom. The standard InChI is InChI=1S/C18H26FN3O3/c1-12(23)20-11-15-6-5-14(22(15)2)9-18(24)21-10-13-4-7-17(25-3)16(19)8-13/h4,7-8,14-15H,5-6,9-11H2,1-3H3,(H,20,23)(H,21,24)/t14-,15+/m0/s1. The lowest BCUT2D eigenvalue weighted by molar-refractivity contribution is -0.122. The molecule has 0 spiro atoms. The molecule has 0 aliphatic carbocycles. The second-order valence-corrected chi connectivity index (χ2v) is 6.44. The number of nitrogens with one attached hydrogen (secondary N) is 2. The van der Waals surface area contributed by atoms with Crippen LogP contribution in [0.2, 0.25) is 0 Å². The first-order chi connectivity index (χ1) is 11.9. The van der Waals surface area contributed by atoms with Gasteiger partial charge in [0.2, 0.25) is 11.8 Å². The fourth-order valence-electron chi connectivity index (χ4n) is 3.15. The van der Waals surface area contributed by atoms with E-state index in [0.717, 1.165) is 12.8 Å². The number of likely N-dealkylation sites (N-methyl/N-ethyl adjacent to an activating group) is 1. The van der Waals surface area contributed by atoms with E-state index >= 15 is 0 Å². The van der Waals surface area contributed by atoms with Crippen LogP contribution in [0.15, 0.2) is 18.2 Å². The van der Waals surface area contributed by atoms with Crippen LogP contribution in [-0.2, 0) is 16.1 Å². The van der Waals surface area contributed by atoms with Crippen molar-refractivity contribution < 1.29 is 18.7 Å². The van der Waals surface area contributed by atoms with Crippen LogP contribution in [0.1, 0.15) is 31.7 Å². The van der Waals surface area contributed by atoms with Crippen molar-refractivity contribution in [2.75, 3.05) is 20.7 Å². The quantitative estimate of drug-likeness (QED) is 0.780.